The number of anilines is 3. The van der Waals surface area contributed by atoms with E-state index >= 15 is 0 Å². The van der Waals surface area contributed by atoms with Gasteiger partial charge in [-0.2, -0.15) is 5.26 Å². The van der Waals surface area contributed by atoms with E-state index in [0.717, 1.165) is 24.1 Å². The third-order valence-corrected chi connectivity index (χ3v) is 4.82. The molecular formula is C24H21N5O2. The zero-order valence-corrected chi connectivity index (χ0v) is 17.0. The maximum Gasteiger partial charge on any atom is 0.265 e. The molecule has 3 aromatic rings. The lowest BCUT2D eigenvalue weighted by molar-refractivity contribution is -0.112. The standard InChI is InChI=1S/C24H21N5O2/c1-31-22-10-9-19(27-23(30)18(15-25)13-16-7-8-16)14-21(22)29-24-26-12-11-20(28-24)17-5-3-2-4-6-17/h2-6,9-14,16H,7-8H2,1H3,(H,27,30)(H,26,28,29). The average molecular weight is 411 g/mol. The Morgan fingerprint density at radius 1 is 1.19 bits per heavy atom. The number of rotatable bonds is 7. The van der Waals surface area contributed by atoms with Gasteiger partial charge in [-0.05, 0) is 43.0 Å². The summed E-state index contributed by atoms with van der Waals surface area (Å²) in [6, 6.07) is 18.8. The summed E-state index contributed by atoms with van der Waals surface area (Å²) in [6.07, 6.45) is 5.47. The van der Waals surface area contributed by atoms with Crippen molar-refractivity contribution in [2.45, 2.75) is 12.8 Å². The first kappa shape index (κ1) is 20.1. The van der Waals surface area contributed by atoms with Crippen LogP contribution in [0.4, 0.5) is 17.3 Å². The van der Waals surface area contributed by atoms with Gasteiger partial charge in [0, 0.05) is 17.4 Å². The Morgan fingerprint density at radius 2 is 2.00 bits per heavy atom. The van der Waals surface area contributed by atoms with Crippen molar-refractivity contribution in [3.8, 4) is 23.1 Å². The van der Waals surface area contributed by atoms with Crippen LogP contribution in [-0.4, -0.2) is 23.0 Å². The SMILES string of the molecule is COc1ccc(NC(=O)C(C#N)=CC2CC2)cc1Nc1nccc(-c2ccccc2)n1. The van der Waals surface area contributed by atoms with Crippen molar-refractivity contribution in [3.05, 3.63) is 72.4 Å². The molecule has 1 saturated carbocycles. The maximum absolute atomic E-state index is 12.5. The zero-order valence-electron chi connectivity index (χ0n) is 17.0. The summed E-state index contributed by atoms with van der Waals surface area (Å²) in [5, 5.41) is 15.2. The van der Waals surface area contributed by atoms with Crippen molar-refractivity contribution in [2.75, 3.05) is 17.7 Å². The Hall–Kier alpha value is -4.18. The number of allylic oxidation sites excluding steroid dienone is 1. The van der Waals surface area contributed by atoms with Crippen LogP contribution in [0, 0.1) is 17.2 Å². The predicted octanol–water partition coefficient (Wildman–Crippen LogP) is 4.69. The first-order chi connectivity index (χ1) is 15.2. The minimum absolute atomic E-state index is 0.131. The number of nitrogens with zero attached hydrogens (tertiary/aromatic N) is 3. The van der Waals surface area contributed by atoms with Gasteiger partial charge in [-0.15, -0.1) is 0 Å². The molecule has 2 N–H and O–H groups in total. The quantitative estimate of drug-likeness (QED) is 0.432. The Labute approximate surface area is 180 Å². The molecule has 4 rings (SSSR count). The van der Waals surface area contributed by atoms with E-state index in [9.17, 15) is 10.1 Å². The van der Waals surface area contributed by atoms with Crippen LogP contribution in [0.2, 0.25) is 0 Å². The van der Waals surface area contributed by atoms with Crippen molar-refractivity contribution >= 4 is 23.2 Å². The molecule has 1 aliphatic carbocycles. The third kappa shape index (κ3) is 5.06. The molecule has 154 valence electrons. The molecular weight excluding hydrogens is 390 g/mol. The number of nitriles is 1. The average Bonchev–Trinajstić information content (AvgIpc) is 3.63. The molecule has 1 heterocycles. The molecule has 1 fully saturated rings. The summed E-state index contributed by atoms with van der Waals surface area (Å²) in [5.41, 5.74) is 3.02. The number of benzene rings is 2. The van der Waals surface area contributed by atoms with Crippen molar-refractivity contribution < 1.29 is 9.53 Å². The first-order valence-electron chi connectivity index (χ1n) is 9.93. The topological polar surface area (TPSA) is 99.9 Å². The molecule has 1 aliphatic rings. The minimum atomic E-state index is -0.423. The highest BCUT2D eigenvalue weighted by molar-refractivity contribution is 6.06. The lowest BCUT2D eigenvalue weighted by Gasteiger charge is -2.13. The number of carbonyl (C=O) groups excluding carboxylic acids is 1. The largest absolute Gasteiger partial charge is 0.495 e. The normalized spacial score (nSPS) is 13.2. The van der Waals surface area contributed by atoms with Crippen LogP contribution in [0.3, 0.4) is 0 Å². The van der Waals surface area contributed by atoms with Gasteiger partial charge in [0.1, 0.15) is 17.4 Å². The molecule has 0 unspecified atom stereocenters. The smallest absolute Gasteiger partial charge is 0.265 e. The summed E-state index contributed by atoms with van der Waals surface area (Å²) < 4.78 is 5.43. The fourth-order valence-corrected chi connectivity index (χ4v) is 3.05. The predicted molar refractivity (Wildman–Crippen MR) is 119 cm³/mol. The van der Waals surface area contributed by atoms with E-state index < -0.39 is 5.91 Å². The van der Waals surface area contributed by atoms with Crippen LogP contribution in [0.15, 0.2) is 72.4 Å². The maximum atomic E-state index is 12.5. The van der Waals surface area contributed by atoms with Gasteiger partial charge in [0.05, 0.1) is 18.5 Å². The molecule has 0 spiro atoms. The van der Waals surface area contributed by atoms with Gasteiger partial charge in [0.15, 0.2) is 0 Å². The molecule has 1 aromatic heterocycles. The van der Waals surface area contributed by atoms with Crippen molar-refractivity contribution in [1.29, 1.82) is 5.26 Å². The van der Waals surface area contributed by atoms with E-state index in [1.54, 1.807) is 37.6 Å². The Morgan fingerprint density at radius 3 is 2.71 bits per heavy atom. The summed E-state index contributed by atoms with van der Waals surface area (Å²) >= 11 is 0. The zero-order chi connectivity index (χ0) is 21.6. The van der Waals surface area contributed by atoms with Crippen LogP contribution in [-0.2, 0) is 4.79 Å². The summed E-state index contributed by atoms with van der Waals surface area (Å²) in [6.45, 7) is 0. The second-order valence-electron chi connectivity index (χ2n) is 7.16. The van der Waals surface area contributed by atoms with Crippen molar-refractivity contribution in [2.24, 2.45) is 5.92 Å². The van der Waals surface area contributed by atoms with E-state index in [0.29, 0.717) is 29.0 Å². The summed E-state index contributed by atoms with van der Waals surface area (Å²) in [5.74, 6) is 0.880. The molecule has 0 radical (unpaired) electrons. The van der Waals surface area contributed by atoms with Crippen molar-refractivity contribution in [1.82, 2.24) is 9.97 Å². The molecule has 2 aromatic carbocycles. The lowest BCUT2D eigenvalue weighted by atomic mass is 10.1. The number of nitrogens with one attached hydrogen (secondary N) is 2. The van der Waals surface area contributed by atoms with E-state index in [4.69, 9.17) is 4.74 Å². The number of methoxy groups -OCH3 is 1. The fraction of sp³-hybridized carbons (Fsp3) is 0.167. The lowest BCUT2D eigenvalue weighted by Crippen LogP contribution is -2.14. The number of carbonyl (C=O) groups is 1. The second-order valence-corrected chi connectivity index (χ2v) is 7.16. The van der Waals surface area contributed by atoms with Crippen molar-refractivity contribution in [3.63, 3.8) is 0 Å². The van der Waals surface area contributed by atoms with E-state index in [2.05, 4.69) is 20.6 Å². The summed E-state index contributed by atoms with van der Waals surface area (Å²) in [7, 11) is 1.56. The minimum Gasteiger partial charge on any atom is -0.495 e. The Bertz CT molecular complexity index is 1160. The molecule has 31 heavy (non-hydrogen) atoms. The van der Waals surface area contributed by atoms with Crippen LogP contribution < -0.4 is 15.4 Å². The van der Waals surface area contributed by atoms with Gasteiger partial charge < -0.3 is 15.4 Å². The number of aromatic nitrogens is 2. The molecule has 7 nitrogen and oxygen atoms in total. The van der Waals surface area contributed by atoms with E-state index in [-0.39, 0.29) is 5.57 Å². The van der Waals surface area contributed by atoms with Gasteiger partial charge in [0.25, 0.3) is 5.91 Å². The van der Waals surface area contributed by atoms with Gasteiger partial charge >= 0.3 is 0 Å². The highest BCUT2D eigenvalue weighted by Gasteiger charge is 2.22. The Kier molecular flexibility index (Phi) is 5.90. The van der Waals surface area contributed by atoms with Gasteiger partial charge in [-0.25, -0.2) is 9.97 Å². The van der Waals surface area contributed by atoms with E-state index in [1.807, 2.05) is 42.5 Å². The third-order valence-electron chi connectivity index (χ3n) is 4.82. The number of amides is 1. The van der Waals surface area contributed by atoms with Gasteiger partial charge in [-0.3, -0.25) is 4.79 Å². The Balaban J connectivity index is 1.56. The number of hydrogen-bond acceptors (Lipinski definition) is 6. The highest BCUT2D eigenvalue weighted by atomic mass is 16.5. The molecule has 0 atom stereocenters. The van der Waals surface area contributed by atoms with Gasteiger partial charge in [0.2, 0.25) is 5.95 Å². The first-order valence-corrected chi connectivity index (χ1v) is 9.93. The number of hydrogen-bond donors (Lipinski definition) is 2. The summed E-state index contributed by atoms with van der Waals surface area (Å²) in [4.78, 5) is 21.3. The second kappa shape index (κ2) is 9.09. The monoisotopic (exact) mass is 411 g/mol. The van der Waals surface area contributed by atoms with Crippen LogP contribution in [0.5, 0.6) is 5.75 Å². The molecule has 0 saturated heterocycles. The molecule has 0 bridgehead atoms. The molecule has 7 heteroatoms. The van der Waals surface area contributed by atoms with E-state index in [1.165, 1.54) is 0 Å². The van der Waals surface area contributed by atoms with Crippen LogP contribution >= 0.6 is 0 Å². The molecule has 0 aliphatic heterocycles. The highest BCUT2D eigenvalue weighted by Crippen LogP contribution is 2.32. The van der Waals surface area contributed by atoms with Crippen LogP contribution in [0.25, 0.3) is 11.3 Å². The van der Waals surface area contributed by atoms with Crippen LogP contribution in [0.1, 0.15) is 12.8 Å². The number of ether oxygens (including phenoxy) is 1. The van der Waals surface area contributed by atoms with Gasteiger partial charge in [-0.1, -0.05) is 36.4 Å². The molecule has 1 amide bonds. The fourth-order valence-electron chi connectivity index (χ4n) is 3.05.